The van der Waals surface area contributed by atoms with Crippen molar-refractivity contribution in [3.05, 3.63) is 5.82 Å². The number of rotatable bonds is 4. The monoisotopic (exact) mass is 322 g/mol. The molecule has 0 N–H and O–H groups in total. The summed E-state index contributed by atoms with van der Waals surface area (Å²) in [6, 6.07) is 1.27. The van der Waals surface area contributed by atoms with Crippen LogP contribution in [-0.4, -0.2) is 45.1 Å². The Morgan fingerprint density at radius 1 is 1.05 bits per heavy atom. The fourth-order valence-electron chi connectivity index (χ4n) is 4.19. The maximum Gasteiger partial charge on any atom is 0.191 e. The van der Waals surface area contributed by atoms with Crippen LogP contribution in [-0.2, 0) is 0 Å². The Labute approximate surface area is 139 Å². The first-order chi connectivity index (χ1) is 10.7. The molecular formula is C17H30N4S. The molecule has 1 atom stereocenters. The standard InChI is InChI=1S/C17H30N4S/c1-13(2)21-16(18-19-17(21)22-3)14-8-7-11-20(12-14)15-9-5-4-6-10-15/h13-15H,4-12H2,1-3H3/t14-/m0/s1. The number of likely N-dealkylation sites (tertiary alicyclic amines) is 1. The van der Waals surface area contributed by atoms with Crippen LogP contribution >= 0.6 is 11.8 Å². The van der Waals surface area contributed by atoms with E-state index < -0.39 is 0 Å². The smallest absolute Gasteiger partial charge is 0.191 e. The Balaban J connectivity index is 1.75. The third-order valence-corrected chi connectivity index (χ3v) is 5.94. The molecular weight excluding hydrogens is 292 g/mol. The van der Waals surface area contributed by atoms with Gasteiger partial charge in [-0.2, -0.15) is 0 Å². The van der Waals surface area contributed by atoms with E-state index >= 15 is 0 Å². The van der Waals surface area contributed by atoms with E-state index in [2.05, 4.69) is 39.8 Å². The lowest BCUT2D eigenvalue weighted by Crippen LogP contribution is -2.43. The zero-order valence-electron chi connectivity index (χ0n) is 14.3. The molecule has 4 nitrogen and oxygen atoms in total. The van der Waals surface area contributed by atoms with Gasteiger partial charge in [0, 0.05) is 24.5 Å². The number of hydrogen-bond donors (Lipinski definition) is 0. The van der Waals surface area contributed by atoms with Gasteiger partial charge in [0.25, 0.3) is 0 Å². The Morgan fingerprint density at radius 3 is 2.50 bits per heavy atom. The molecule has 0 bridgehead atoms. The average molecular weight is 323 g/mol. The fraction of sp³-hybridized carbons (Fsp3) is 0.882. The molecule has 2 heterocycles. The van der Waals surface area contributed by atoms with Gasteiger partial charge >= 0.3 is 0 Å². The molecule has 0 radical (unpaired) electrons. The summed E-state index contributed by atoms with van der Waals surface area (Å²) in [6.45, 7) is 6.96. The highest BCUT2D eigenvalue weighted by molar-refractivity contribution is 7.98. The topological polar surface area (TPSA) is 34.0 Å². The molecule has 0 unspecified atom stereocenters. The van der Waals surface area contributed by atoms with Gasteiger partial charge in [-0.05, 0) is 52.3 Å². The van der Waals surface area contributed by atoms with Crippen molar-refractivity contribution in [2.45, 2.75) is 82.0 Å². The van der Waals surface area contributed by atoms with Gasteiger partial charge in [-0.15, -0.1) is 10.2 Å². The van der Waals surface area contributed by atoms with Crippen LogP contribution in [0.4, 0.5) is 0 Å². The van der Waals surface area contributed by atoms with E-state index in [0.29, 0.717) is 12.0 Å². The van der Waals surface area contributed by atoms with Gasteiger partial charge in [0.05, 0.1) is 0 Å². The van der Waals surface area contributed by atoms with Crippen molar-refractivity contribution in [2.75, 3.05) is 19.3 Å². The summed E-state index contributed by atoms with van der Waals surface area (Å²) < 4.78 is 2.36. The molecule has 2 aliphatic rings. The lowest BCUT2D eigenvalue weighted by atomic mass is 9.90. The second kappa shape index (κ2) is 7.35. The summed E-state index contributed by atoms with van der Waals surface area (Å²) in [5.41, 5.74) is 0. The molecule has 0 amide bonds. The van der Waals surface area contributed by atoms with Crippen molar-refractivity contribution >= 4 is 11.8 Å². The van der Waals surface area contributed by atoms with Crippen LogP contribution < -0.4 is 0 Å². The van der Waals surface area contributed by atoms with E-state index in [1.54, 1.807) is 11.8 Å². The highest BCUT2D eigenvalue weighted by atomic mass is 32.2. The van der Waals surface area contributed by atoms with Crippen molar-refractivity contribution in [3.63, 3.8) is 0 Å². The third-order valence-electron chi connectivity index (χ3n) is 5.30. The van der Waals surface area contributed by atoms with Crippen molar-refractivity contribution < 1.29 is 0 Å². The number of nitrogens with zero attached hydrogens (tertiary/aromatic N) is 4. The Kier molecular flexibility index (Phi) is 5.45. The van der Waals surface area contributed by atoms with Gasteiger partial charge in [-0.3, -0.25) is 4.90 Å². The van der Waals surface area contributed by atoms with Crippen LogP contribution in [0.1, 0.15) is 76.6 Å². The quantitative estimate of drug-likeness (QED) is 0.782. The summed E-state index contributed by atoms with van der Waals surface area (Å²) >= 11 is 1.71. The number of piperidine rings is 1. The van der Waals surface area contributed by atoms with Gasteiger partial charge in [-0.1, -0.05) is 31.0 Å². The van der Waals surface area contributed by atoms with E-state index in [1.165, 1.54) is 63.9 Å². The van der Waals surface area contributed by atoms with E-state index in [0.717, 1.165) is 11.2 Å². The summed E-state index contributed by atoms with van der Waals surface area (Å²) in [5.74, 6) is 1.78. The second-order valence-electron chi connectivity index (χ2n) is 7.13. The first-order valence-corrected chi connectivity index (χ1v) is 10.2. The summed E-state index contributed by atoms with van der Waals surface area (Å²) in [7, 11) is 0. The van der Waals surface area contributed by atoms with Gasteiger partial charge in [-0.25, -0.2) is 0 Å². The molecule has 0 spiro atoms. The van der Waals surface area contributed by atoms with Crippen LogP contribution in [0.2, 0.25) is 0 Å². The van der Waals surface area contributed by atoms with Crippen molar-refractivity contribution in [2.24, 2.45) is 0 Å². The molecule has 22 heavy (non-hydrogen) atoms. The molecule has 3 rings (SSSR count). The molecule has 1 saturated carbocycles. The zero-order valence-corrected chi connectivity index (χ0v) is 15.1. The van der Waals surface area contributed by atoms with Gasteiger partial charge in [0.1, 0.15) is 5.82 Å². The summed E-state index contributed by atoms with van der Waals surface area (Å²) in [6.07, 6.45) is 11.8. The van der Waals surface area contributed by atoms with Gasteiger partial charge in [0.2, 0.25) is 0 Å². The number of thioether (sulfide) groups is 1. The van der Waals surface area contributed by atoms with E-state index in [9.17, 15) is 0 Å². The largest absolute Gasteiger partial charge is 0.303 e. The minimum absolute atomic E-state index is 0.442. The predicted molar refractivity (Wildman–Crippen MR) is 92.6 cm³/mol. The maximum absolute atomic E-state index is 4.58. The lowest BCUT2D eigenvalue weighted by molar-refractivity contribution is 0.115. The predicted octanol–water partition coefficient (Wildman–Crippen LogP) is 4.09. The van der Waals surface area contributed by atoms with Crippen LogP contribution in [0.25, 0.3) is 0 Å². The van der Waals surface area contributed by atoms with Gasteiger partial charge < -0.3 is 4.57 Å². The Morgan fingerprint density at radius 2 is 1.82 bits per heavy atom. The molecule has 5 heteroatoms. The molecule has 1 aromatic rings. The first kappa shape index (κ1) is 16.3. The van der Waals surface area contributed by atoms with Crippen LogP contribution in [0.5, 0.6) is 0 Å². The minimum atomic E-state index is 0.442. The summed E-state index contributed by atoms with van der Waals surface area (Å²) in [4.78, 5) is 2.76. The summed E-state index contributed by atoms with van der Waals surface area (Å²) in [5, 5.41) is 10.1. The van der Waals surface area contributed by atoms with Crippen molar-refractivity contribution in [3.8, 4) is 0 Å². The Bertz CT molecular complexity index is 479. The highest BCUT2D eigenvalue weighted by Crippen LogP contribution is 2.33. The number of hydrogen-bond acceptors (Lipinski definition) is 4. The molecule has 2 fully saturated rings. The SMILES string of the molecule is CSc1nnc([C@H]2CCCN(C3CCCCC3)C2)n1C(C)C. The number of aromatic nitrogens is 3. The fourth-order valence-corrected chi connectivity index (χ4v) is 4.81. The van der Waals surface area contributed by atoms with E-state index in [1.807, 2.05) is 0 Å². The van der Waals surface area contributed by atoms with Crippen molar-refractivity contribution in [1.29, 1.82) is 0 Å². The van der Waals surface area contributed by atoms with E-state index in [-0.39, 0.29) is 0 Å². The second-order valence-corrected chi connectivity index (χ2v) is 7.91. The zero-order chi connectivity index (χ0) is 15.5. The third kappa shape index (κ3) is 3.35. The molecule has 1 aromatic heterocycles. The normalized spacial score (nSPS) is 25.0. The van der Waals surface area contributed by atoms with Crippen LogP contribution in [0, 0.1) is 0 Å². The van der Waals surface area contributed by atoms with Crippen LogP contribution in [0.3, 0.4) is 0 Å². The van der Waals surface area contributed by atoms with Crippen LogP contribution in [0.15, 0.2) is 5.16 Å². The van der Waals surface area contributed by atoms with Gasteiger partial charge in [0.15, 0.2) is 5.16 Å². The van der Waals surface area contributed by atoms with E-state index in [4.69, 9.17) is 0 Å². The first-order valence-electron chi connectivity index (χ1n) is 8.93. The highest BCUT2D eigenvalue weighted by Gasteiger charge is 2.31. The lowest BCUT2D eigenvalue weighted by Gasteiger charge is -2.39. The molecule has 1 aliphatic heterocycles. The maximum atomic E-state index is 4.58. The minimum Gasteiger partial charge on any atom is -0.303 e. The molecule has 0 aromatic carbocycles. The molecule has 124 valence electrons. The molecule has 1 saturated heterocycles. The van der Waals surface area contributed by atoms with Crippen molar-refractivity contribution in [1.82, 2.24) is 19.7 Å². The average Bonchev–Trinajstić information content (AvgIpc) is 3.00. The Hall–Kier alpha value is -0.550. The molecule has 1 aliphatic carbocycles.